The van der Waals surface area contributed by atoms with Crippen molar-refractivity contribution in [3.05, 3.63) is 57.5 Å². The van der Waals surface area contributed by atoms with Gasteiger partial charge in [-0.05, 0) is 26.0 Å². The van der Waals surface area contributed by atoms with Gasteiger partial charge in [-0.25, -0.2) is 9.97 Å². The number of hydrogen-bond acceptors (Lipinski definition) is 7. The number of aryl methyl sites for hydroxylation is 3. The van der Waals surface area contributed by atoms with Gasteiger partial charge in [0.2, 0.25) is 5.78 Å². The largest absolute Gasteiger partial charge is 0.279 e. The standard InChI is InChI=1S/C18H15N7OS/c1-10-13(8-19)16(21-11(2)20-10)27-9-15-22-23-18-24(3)17(26)12-6-4-5-7-14(12)25(15)18/h4-7H,9H2,1-3H3. The first-order valence-corrected chi connectivity index (χ1v) is 9.19. The van der Waals surface area contributed by atoms with Gasteiger partial charge in [-0.15, -0.1) is 10.2 Å². The predicted molar refractivity (Wildman–Crippen MR) is 102 cm³/mol. The van der Waals surface area contributed by atoms with Crippen LogP contribution in [0.1, 0.15) is 22.9 Å². The van der Waals surface area contributed by atoms with E-state index in [4.69, 9.17) is 0 Å². The molecule has 1 aromatic carbocycles. The summed E-state index contributed by atoms with van der Waals surface area (Å²) in [4.78, 5) is 21.2. The van der Waals surface area contributed by atoms with Crippen LogP contribution in [0.2, 0.25) is 0 Å². The van der Waals surface area contributed by atoms with Crippen LogP contribution in [0.4, 0.5) is 0 Å². The molecule has 0 saturated carbocycles. The molecule has 0 spiro atoms. The van der Waals surface area contributed by atoms with E-state index in [0.717, 1.165) is 5.52 Å². The molecule has 0 bridgehead atoms. The molecular weight excluding hydrogens is 362 g/mol. The van der Waals surface area contributed by atoms with Crippen LogP contribution in [-0.4, -0.2) is 29.1 Å². The molecule has 0 aliphatic carbocycles. The fourth-order valence-electron chi connectivity index (χ4n) is 3.03. The van der Waals surface area contributed by atoms with Gasteiger partial charge < -0.3 is 0 Å². The molecule has 8 nitrogen and oxygen atoms in total. The summed E-state index contributed by atoms with van der Waals surface area (Å²) < 4.78 is 3.36. The van der Waals surface area contributed by atoms with Gasteiger partial charge in [-0.2, -0.15) is 5.26 Å². The van der Waals surface area contributed by atoms with Crippen molar-refractivity contribution in [3.63, 3.8) is 0 Å². The van der Waals surface area contributed by atoms with E-state index in [-0.39, 0.29) is 5.56 Å². The second kappa shape index (κ2) is 6.48. The number of fused-ring (bicyclic) bond motifs is 3. The van der Waals surface area contributed by atoms with Gasteiger partial charge in [-0.3, -0.25) is 13.8 Å². The van der Waals surface area contributed by atoms with Crippen LogP contribution in [0, 0.1) is 25.2 Å². The molecule has 3 heterocycles. The Morgan fingerprint density at radius 3 is 2.74 bits per heavy atom. The lowest BCUT2D eigenvalue weighted by Crippen LogP contribution is -2.20. The zero-order chi connectivity index (χ0) is 19.1. The number of para-hydroxylation sites is 1. The molecule has 4 aromatic rings. The monoisotopic (exact) mass is 377 g/mol. The molecule has 4 rings (SSSR count). The normalized spacial score (nSPS) is 11.2. The minimum Gasteiger partial charge on any atom is -0.279 e. The average Bonchev–Trinajstić information content (AvgIpc) is 3.08. The number of hydrogen-bond donors (Lipinski definition) is 0. The molecule has 0 fully saturated rings. The first-order chi connectivity index (χ1) is 13.0. The highest BCUT2D eigenvalue weighted by Gasteiger charge is 2.16. The minimum absolute atomic E-state index is 0.112. The molecule has 0 atom stereocenters. The van der Waals surface area contributed by atoms with Gasteiger partial charge in [0.15, 0.2) is 0 Å². The van der Waals surface area contributed by atoms with E-state index >= 15 is 0 Å². The molecular formula is C18H15N7OS. The quantitative estimate of drug-likeness (QED) is 0.398. The van der Waals surface area contributed by atoms with Gasteiger partial charge in [0.05, 0.1) is 22.3 Å². The molecule has 3 aromatic heterocycles. The summed E-state index contributed by atoms with van der Waals surface area (Å²) in [5.74, 6) is 2.23. The van der Waals surface area contributed by atoms with Crippen molar-refractivity contribution in [2.45, 2.75) is 24.6 Å². The molecule has 0 aliphatic heterocycles. The summed E-state index contributed by atoms with van der Waals surface area (Å²) in [5, 5.41) is 19.1. The topological polar surface area (TPSA) is 102 Å². The Kier molecular flexibility index (Phi) is 4.12. The maximum absolute atomic E-state index is 12.5. The van der Waals surface area contributed by atoms with Crippen molar-refractivity contribution >= 4 is 28.4 Å². The highest BCUT2D eigenvalue weighted by molar-refractivity contribution is 7.98. The molecule has 9 heteroatoms. The van der Waals surface area contributed by atoms with Gasteiger partial charge in [-0.1, -0.05) is 23.9 Å². The number of rotatable bonds is 3. The summed E-state index contributed by atoms with van der Waals surface area (Å²) in [6, 6.07) is 9.55. The van der Waals surface area contributed by atoms with Crippen LogP contribution in [0.15, 0.2) is 34.1 Å². The fourth-order valence-corrected chi connectivity index (χ4v) is 4.02. The SMILES string of the molecule is Cc1nc(C)c(C#N)c(SCc2nnc3n(C)c(=O)c4ccccc4n23)n1. The van der Waals surface area contributed by atoms with Gasteiger partial charge in [0.25, 0.3) is 5.56 Å². The summed E-state index contributed by atoms with van der Waals surface area (Å²) >= 11 is 1.41. The molecule has 0 amide bonds. The maximum atomic E-state index is 12.5. The summed E-state index contributed by atoms with van der Waals surface area (Å²) in [7, 11) is 1.68. The average molecular weight is 377 g/mol. The van der Waals surface area contributed by atoms with E-state index < -0.39 is 0 Å². The number of thioether (sulfide) groups is 1. The van der Waals surface area contributed by atoms with Gasteiger partial charge in [0.1, 0.15) is 28.3 Å². The highest BCUT2D eigenvalue weighted by atomic mass is 32.2. The van der Waals surface area contributed by atoms with Crippen molar-refractivity contribution in [1.29, 1.82) is 5.26 Å². The van der Waals surface area contributed by atoms with Gasteiger partial charge in [0, 0.05) is 7.05 Å². The second-order valence-electron chi connectivity index (χ2n) is 6.07. The Balaban J connectivity index is 1.83. The highest BCUT2D eigenvalue weighted by Crippen LogP contribution is 2.26. The van der Waals surface area contributed by atoms with Crippen LogP contribution in [0.25, 0.3) is 16.7 Å². The van der Waals surface area contributed by atoms with E-state index in [2.05, 4.69) is 26.2 Å². The van der Waals surface area contributed by atoms with Crippen LogP contribution in [0.3, 0.4) is 0 Å². The number of nitrogens with zero attached hydrogens (tertiary/aromatic N) is 7. The lowest BCUT2D eigenvalue weighted by atomic mass is 10.2. The van der Waals surface area contributed by atoms with Crippen molar-refractivity contribution in [2.24, 2.45) is 7.05 Å². The number of benzene rings is 1. The molecule has 134 valence electrons. The zero-order valence-electron chi connectivity index (χ0n) is 15.0. The lowest BCUT2D eigenvalue weighted by Gasteiger charge is -2.08. The molecule has 27 heavy (non-hydrogen) atoms. The second-order valence-corrected chi connectivity index (χ2v) is 7.03. The van der Waals surface area contributed by atoms with Crippen LogP contribution in [0.5, 0.6) is 0 Å². The molecule has 0 N–H and O–H groups in total. The zero-order valence-corrected chi connectivity index (χ0v) is 15.8. The lowest BCUT2D eigenvalue weighted by molar-refractivity contribution is 0.857. The summed E-state index contributed by atoms with van der Waals surface area (Å²) in [5.41, 5.74) is 1.77. The Morgan fingerprint density at radius 2 is 1.96 bits per heavy atom. The molecule has 0 radical (unpaired) electrons. The first kappa shape index (κ1) is 17.2. The molecule has 0 saturated heterocycles. The van der Waals surface area contributed by atoms with Crippen molar-refractivity contribution in [3.8, 4) is 6.07 Å². The Bertz CT molecular complexity index is 1300. The van der Waals surface area contributed by atoms with Crippen LogP contribution in [-0.2, 0) is 12.8 Å². The van der Waals surface area contributed by atoms with E-state index in [1.165, 1.54) is 16.3 Å². The third-order valence-electron chi connectivity index (χ3n) is 4.31. The minimum atomic E-state index is -0.112. The number of aromatic nitrogens is 6. The summed E-state index contributed by atoms with van der Waals surface area (Å²) in [6.07, 6.45) is 0. The van der Waals surface area contributed by atoms with Crippen LogP contribution < -0.4 is 5.56 Å². The smallest absolute Gasteiger partial charge is 0.262 e. The molecule has 0 aliphatic rings. The van der Waals surface area contributed by atoms with Crippen molar-refractivity contribution in [1.82, 2.24) is 29.1 Å². The Labute approximate surface area is 158 Å². The third-order valence-corrected chi connectivity index (χ3v) is 5.28. The number of nitriles is 1. The first-order valence-electron chi connectivity index (χ1n) is 8.21. The Hall–Kier alpha value is -3.25. The van der Waals surface area contributed by atoms with Crippen LogP contribution >= 0.6 is 11.8 Å². The van der Waals surface area contributed by atoms with E-state index in [9.17, 15) is 10.1 Å². The Morgan fingerprint density at radius 1 is 1.19 bits per heavy atom. The molecule has 0 unspecified atom stereocenters. The van der Waals surface area contributed by atoms with Gasteiger partial charge >= 0.3 is 0 Å². The predicted octanol–water partition coefficient (Wildman–Crippen LogP) is 2.15. The van der Waals surface area contributed by atoms with E-state index in [1.807, 2.05) is 22.6 Å². The van der Waals surface area contributed by atoms with E-state index in [0.29, 0.717) is 44.8 Å². The summed E-state index contributed by atoms with van der Waals surface area (Å²) in [6.45, 7) is 3.60. The third kappa shape index (κ3) is 2.74. The van der Waals surface area contributed by atoms with Crippen molar-refractivity contribution < 1.29 is 0 Å². The van der Waals surface area contributed by atoms with E-state index in [1.54, 1.807) is 27.0 Å². The maximum Gasteiger partial charge on any atom is 0.262 e. The fraction of sp³-hybridized carbons (Fsp3) is 0.222. The van der Waals surface area contributed by atoms with Crippen molar-refractivity contribution in [2.75, 3.05) is 0 Å².